The second kappa shape index (κ2) is 9.97. The van der Waals surface area contributed by atoms with E-state index in [1.165, 1.54) is 17.8 Å². The van der Waals surface area contributed by atoms with E-state index in [-0.39, 0.29) is 16.8 Å². The summed E-state index contributed by atoms with van der Waals surface area (Å²) in [7, 11) is -3.57. The first kappa shape index (κ1) is 23.8. The van der Waals surface area contributed by atoms with Gasteiger partial charge in [0.05, 0.1) is 28.6 Å². The number of ether oxygens (including phenoxy) is 1. The smallest absolute Gasteiger partial charge is 0.243 e. The van der Waals surface area contributed by atoms with Crippen LogP contribution in [-0.2, 0) is 27.1 Å². The van der Waals surface area contributed by atoms with Crippen molar-refractivity contribution in [2.24, 2.45) is 5.92 Å². The van der Waals surface area contributed by atoms with Crippen LogP contribution >= 0.6 is 11.8 Å². The summed E-state index contributed by atoms with van der Waals surface area (Å²) in [6.45, 7) is 4.60. The van der Waals surface area contributed by atoms with Crippen molar-refractivity contribution >= 4 is 32.8 Å². The van der Waals surface area contributed by atoms with Gasteiger partial charge in [0.25, 0.3) is 0 Å². The Bertz CT molecular complexity index is 1270. The molecule has 0 unspecified atom stereocenters. The third kappa shape index (κ3) is 4.89. The van der Waals surface area contributed by atoms with Crippen molar-refractivity contribution in [3.63, 3.8) is 0 Å². The third-order valence-electron chi connectivity index (χ3n) is 6.67. The molecular formula is C25H30FN3O3S2. The Morgan fingerprint density at radius 3 is 2.79 bits per heavy atom. The van der Waals surface area contributed by atoms with E-state index in [4.69, 9.17) is 9.72 Å². The highest BCUT2D eigenvalue weighted by Crippen LogP contribution is 2.32. The van der Waals surface area contributed by atoms with Crippen LogP contribution in [-0.4, -0.2) is 48.1 Å². The fraction of sp³-hybridized carbons (Fsp3) is 0.480. The molecule has 5 rings (SSSR count). The second-order valence-electron chi connectivity index (χ2n) is 9.28. The highest BCUT2D eigenvalue weighted by molar-refractivity contribution is 7.98. The molecule has 3 aromatic rings. The molecule has 0 bridgehead atoms. The Labute approximate surface area is 204 Å². The molecule has 34 heavy (non-hydrogen) atoms. The predicted molar refractivity (Wildman–Crippen MR) is 132 cm³/mol. The van der Waals surface area contributed by atoms with Gasteiger partial charge in [-0.2, -0.15) is 4.31 Å². The van der Waals surface area contributed by atoms with Gasteiger partial charge in [-0.05, 0) is 61.4 Å². The predicted octanol–water partition coefficient (Wildman–Crippen LogP) is 5.07. The fourth-order valence-electron chi connectivity index (χ4n) is 4.80. The number of halogens is 1. The molecule has 2 fully saturated rings. The molecule has 6 nitrogen and oxygen atoms in total. The number of piperidine rings is 1. The summed E-state index contributed by atoms with van der Waals surface area (Å²) in [6.07, 6.45) is 4.06. The molecule has 1 aromatic heterocycles. The van der Waals surface area contributed by atoms with E-state index in [9.17, 15) is 12.8 Å². The van der Waals surface area contributed by atoms with Crippen LogP contribution in [0.4, 0.5) is 4.39 Å². The number of rotatable bonds is 7. The van der Waals surface area contributed by atoms with Crippen molar-refractivity contribution < 1.29 is 17.5 Å². The average Bonchev–Trinajstić information content (AvgIpc) is 3.46. The molecule has 2 aliphatic heterocycles. The number of imidazole rings is 1. The number of fused-ring (bicyclic) bond motifs is 1. The van der Waals surface area contributed by atoms with Gasteiger partial charge in [0.1, 0.15) is 5.82 Å². The van der Waals surface area contributed by atoms with Gasteiger partial charge >= 0.3 is 0 Å². The first-order valence-electron chi connectivity index (χ1n) is 11.9. The van der Waals surface area contributed by atoms with Crippen LogP contribution < -0.4 is 0 Å². The Morgan fingerprint density at radius 2 is 2.03 bits per heavy atom. The number of aromatic nitrogens is 2. The zero-order valence-electron chi connectivity index (χ0n) is 19.3. The van der Waals surface area contributed by atoms with Gasteiger partial charge in [0.15, 0.2) is 5.16 Å². The molecule has 0 aliphatic carbocycles. The monoisotopic (exact) mass is 503 g/mol. The third-order valence-corrected chi connectivity index (χ3v) is 9.55. The van der Waals surface area contributed by atoms with Gasteiger partial charge in [-0.25, -0.2) is 17.8 Å². The summed E-state index contributed by atoms with van der Waals surface area (Å²) in [5.41, 5.74) is 2.13. The molecule has 2 aliphatic rings. The van der Waals surface area contributed by atoms with Crippen molar-refractivity contribution in [2.75, 3.05) is 19.7 Å². The van der Waals surface area contributed by atoms with Crippen molar-refractivity contribution in [1.29, 1.82) is 0 Å². The molecule has 0 saturated carbocycles. The molecule has 0 spiro atoms. The molecule has 0 amide bonds. The lowest BCUT2D eigenvalue weighted by Gasteiger charge is -2.30. The lowest BCUT2D eigenvalue weighted by Crippen LogP contribution is -2.39. The zero-order chi connectivity index (χ0) is 23.7. The lowest BCUT2D eigenvalue weighted by molar-refractivity contribution is 0.0960. The fourth-order valence-corrected chi connectivity index (χ4v) is 7.43. The normalized spacial score (nSPS) is 21.9. The van der Waals surface area contributed by atoms with Crippen molar-refractivity contribution in [3.05, 3.63) is 53.8 Å². The largest absolute Gasteiger partial charge is 0.376 e. The van der Waals surface area contributed by atoms with Crippen LogP contribution in [0.15, 0.2) is 52.5 Å². The van der Waals surface area contributed by atoms with E-state index >= 15 is 0 Å². The Hall–Kier alpha value is -1.94. The molecular weight excluding hydrogens is 473 g/mol. The Morgan fingerprint density at radius 1 is 1.18 bits per heavy atom. The summed E-state index contributed by atoms with van der Waals surface area (Å²) < 4.78 is 50.4. The van der Waals surface area contributed by atoms with Crippen LogP contribution in [0.1, 0.15) is 38.2 Å². The van der Waals surface area contributed by atoms with Crippen LogP contribution in [0.3, 0.4) is 0 Å². The molecule has 0 N–H and O–H groups in total. The number of thioether (sulfide) groups is 1. The number of hydrogen-bond acceptors (Lipinski definition) is 5. The SMILES string of the molecule is C[C@@H]1CCCN(S(=O)(=O)c2ccc3c(c2)nc(SCc2ccccc2F)n3C[C@@H]2CCCO2)C1. The Kier molecular flexibility index (Phi) is 6.97. The van der Waals surface area contributed by atoms with E-state index in [1.54, 1.807) is 28.6 Å². The molecule has 9 heteroatoms. The molecule has 2 aromatic carbocycles. The standard InChI is InChI=1S/C25H30FN3O3S2/c1-18-6-4-12-28(15-18)34(30,31)21-10-11-24-23(14-21)27-25(29(24)16-20-8-5-13-32-20)33-17-19-7-2-3-9-22(19)26/h2-3,7,9-11,14,18,20H,4-6,8,12-13,15-17H2,1H3/t18-,20+/m1/s1. The van der Waals surface area contributed by atoms with Gasteiger partial charge in [-0.1, -0.05) is 36.9 Å². The number of benzene rings is 2. The van der Waals surface area contributed by atoms with Crippen molar-refractivity contribution in [1.82, 2.24) is 13.9 Å². The van der Waals surface area contributed by atoms with Crippen LogP contribution in [0.5, 0.6) is 0 Å². The lowest BCUT2D eigenvalue weighted by atomic mass is 10.0. The quantitative estimate of drug-likeness (QED) is 0.422. The van der Waals surface area contributed by atoms with Gasteiger partial charge in [-0.15, -0.1) is 0 Å². The first-order chi connectivity index (χ1) is 16.4. The summed E-state index contributed by atoms with van der Waals surface area (Å²) in [4.78, 5) is 5.08. The number of hydrogen-bond donors (Lipinski definition) is 0. The van der Waals surface area contributed by atoms with Gasteiger partial charge < -0.3 is 9.30 Å². The molecule has 182 valence electrons. The molecule has 2 saturated heterocycles. The molecule has 2 atom stereocenters. The second-order valence-corrected chi connectivity index (χ2v) is 12.2. The minimum absolute atomic E-state index is 0.100. The average molecular weight is 504 g/mol. The van der Waals surface area contributed by atoms with E-state index < -0.39 is 10.0 Å². The molecule has 3 heterocycles. The topological polar surface area (TPSA) is 64.4 Å². The molecule has 0 radical (unpaired) electrons. The van der Waals surface area contributed by atoms with E-state index in [0.717, 1.165) is 43.0 Å². The summed E-state index contributed by atoms with van der Waals surface area (Å²) in [6, 6.07) is 12.0. The van der Waals surface area contributed by atoms with E-state index in [0.29, 0.717) is 42.4 Å². The van der Waals surface area contributed by atoms with Crippen LogP contribution in [0.2, 0.25) is 0 Å². The summed E-state index contributed by atoms with van der Waals surface area (Å²) >= 11 is 1.46. The first-order valence-corrected chi connectivity index (χ1v) is 14.3. The highest BCUT2D eigenvalue weighted by atomic mass is 32.2. The van der Waals surface area contributed by atoms with Crippen LogP contribution in [0, 0.1) is 11.7 Å². The van der Waals surface area contributed by atoms with Crippen molar-refractivity contribution in [3.8, 4) is 0 Å². The zero-order valence-corrected chi connectivity index (χ0v) is 21.0. The van der Waals surface area contributed by atoms with Gasteiger partial charge in [0, 0.05) is 25.4 Å². The minimum Gasteiger partial charge on any atom is -0.376 e. The van der Waals surface area contributed by atoms with Gasteiger partial charge in [0.2, 0.25) is 10.0 Å². The summed E-state index contributed by atoms with van der Waals surface area (Å²) in [5, 5.41) is 0.745. The summed E-state index contributed by atoms with van der Waals surface area (Å²) in [5.74, 6) is 0.568. The van der Waals surface area contributed by atoms with E-state index in [2.05, 4.69) is 11.5 Å². The maximum atomic E-state index is 14.2. The maximum absolute atomic E-state index is 14.2. The van der Waals surface area contributed by atoms with Gasteiger partial charge in [-0.3, -0.25) is 0 Å². The van der Waals surface area contributed by atoms with Crippen molar-refractivity contribution in [2.45, 2.75) is 61.1 Å². The minimum atomic E-state index is -3.57. The highest BCUT2D eigenvalue weighted by Gasteiger charge is 2.29. The van der Waals surface area contributed by atoms with E-state index in [1.807, 2.05) is 12.1 Å². The number of nitrogens with zero attached hydrogens (tertiary/aromatic N) is 3. The maximum Gasteiger partial charge on any atom is 0.243 e. The van der Waals surface area contributed by atoms with Crippen LogP contribution in [0.25, 0.3) is 11.0 Å². The number of sulfonamides is 1. The Balaban J connectivity index is 1.48.